The van der Waals surface area contributed by atoms with Gasteiger partial charge in [-0.05, 0) is 38.6 Å². The van der Waals surface area contributed by atoms with Crippen LogP contribution in [0.5, 0.6) is 0 Å². The Balaban J connectivity index is 2.25. The number of carbonyl (C=O) groups excluding carboxylic acids is 1. The molecule has 0 aromatic carbocycles. The van der Waals surface area contributed by atoms with Gasteiger partial charge in [-0.3, -0.25) is 9.69 Å². The van der Waals surface area contributed by atoms with Crippen LogP contribution in [0.15, 0.2) is 11.4 Å². The predicted octanol–water partition coefficient (Wildman–Crippen LogP) is 2.75. The first-order chi connectivity index (χ1) is 8.78. The van der Waals surface area contributed by atoms with Gasteiger partial charge in [-0.2, -0.15) is 0 Å². The van der Waals surface area contributed by atoms with Crippen LogP contribution in [0.4, 0.5) is 10.5 Å². The molecule has 0 spiro atoms. The summed E-state index contributed by atoms with van der Waals surface area (Å²) in [6, 6.07) is 1.84. The van der Waals surface area contributed by atoms with Gasteiger partial charge in [0, 0.05) is 11.4 Å². The van der Waals surface area contributed by atoms with Gasteiger partial charge in [-0.15, -0.1) is 11.3 Å². The molecule has 1 aliphatic rings. The first-order valence-corrected chi connectivity index (χ1v) is 6.95. The number of thiophene rings is 1. The highest BCUT2D eigenvalue weighted by molar-refractivity contribution is 7.10. The third kappa shape index (κ3) is 3.07. The Labute approximate surface area is 115 Å². The zero-order valence-corrected chi connectivity index (χ0v) is 12.0. The molecule has 0 bridgehead atoms. The van der Waals surface area contributed by atoms with Gasteiger partial charge >= 0.3 is 12.1 Å². The summed E-state index contributed by atoms with van der Waals surface area (Å²) in [7, 11) is 0. The number of hydrogen-bond acceptors (Lipinski definition) is 4. The molecule has 1 aliphatic heterocycles. The van der Waals surface area contributed by atoms with Gasteiger partial charge in [-0.25, -0.2) is 4.79 Å². The lowest BCUT2D eigenvalue weighted by Crippen LogP contribution is -2.44. The summed E-state index contributed by atoms with van der Waals surface area (Å²) in [4.78, 5) is 25.7. The number of aliphatic carboxylic acids is 1. The summed E-state index contributed by atoms with van der Waals surface area (Å²) < 4.78 is 5.33. The third-order valence-electron chi connectivity index (χ3n) is 2.81. The number of carbonyl (C=O) groups is 2. The van der Waals surface area contributed by atoms with Crippen LogP contribution in [-0.4, -0.2) is 29.3 Å². The van der Waals surface area contributed by atoms with Gasteiger partial charge in [0.2, 0.25) is 0 Å². The molecule has 104 valence electrons. The van der Waals surface area contributed by atoms with E-state index in [1.54, 1.807) is 20.8 Å². The van der Waals surface area contributed by atoms with Crippen molar-refractivity contribution in [3.63, 3.8) is 0 Å². The van der Waals surface area contributed by atoms with E-state index in [2.05, 4.69) is 0 Å². The van der Waals surface area contributed by atoms with E-state index >= 15 is 0 Å². The largest absolute Gasteiger partial charge is 0.481 e. The van der Waals surface area contributed by atoms with Crippen LogP contribution >= 0.6 is 11.3 Å². The van der Waals surface area contributed by atoms with Crippen LogP contribution in [0.1, 0.15) is 25.6 Å². The second-order valence-electron chi connectivity index (χ2n) is 5.56. The Kier molecular flexibility index (Phi) is 3.54. The second kappa shape index (κ2) is 4.85. The minimum Gasteiger partial charge on any atom is -0.481 e. The first-order valence-electron chi connectivity index (χ1n) is 6.07. The molecule has 1 N–H and O–H groups in total. The van der Waals surface area contributed by atoms with Crippen molar-refractivity contribution >= 4 is 29.1 Å². The zero-order chi connectivity index (χ0) is 14.2. The highest BCUT2D eigenvalue weighted by Gasteiger charge is 2.35. The van der Waals surface area contributed by atoms with Crippen LogP contribution in [-0.2, 0) is 16.0 Å². The predicted molar refractivity (Wildman–Crippen MR) is 72.7 cm³/mol. The van der Waals surface area contributed by atoms with Gasteiger partial charge in [0.25, 0.3) is 0 Å². The van der Waals surface area contributed by atoms with Crippen LogP contribution in [0.2, 0.25) is 0 Å². The lowest BCUT2D eigenvalue weighted by molar-refractivity contribution is -0.141. The van der Waals surface area contributed by atoms with Crippen molar-refractivity contribution in [2.75, 3.05) is 11.4 Å². The number of fused-ring (bicyclic) bond motifs is 1. The molecule has 0 radical (unpaired) electrons. The van der Waals surface area contributed by atoms with Gasteiger partial charge in [0.05, 0.1) is 11.6 Å². The molecule has 1 aromatic rings. The summed E-state index contributed by atoms with van der Waals surface area (Å²) in [5.41, 5.74) is 0.181. The summed E-state index contributed by atoms with van der Waals surface area (Å²) in [6.07, 6.45) is -0.0140. The van der Waals surface area contributed by atoms with Gasteiger partial charge in [-0.1, -0.05) is 0 Å². The maximum absolute atomic E-state index is 12.2. The molecule has 0 saturated heterocycles. The SMILES string of the molecule is CC(C)(C)OC(=O)N1CC(C(=O)O)Cc2sccc21. The summed E-state index contributed by atoms with van der Waals surface area (Å²) in [6.45, 7) is 5.53. The average Bonchev–Trinajstić information content (AvgIpc) is 2.72. The highest BCUT2D eigenvalue weighted by Crippen LogP contribution is 2.35. The van der Waals surface area contributed by atoms with Gasteiger partial charge < -0.3 is 9.84 Å². The van der Waals surface area contributed by atoms with Crippen LogP contribution in [0.3, 0.4) is 0 Å². The van der Waals surface area contributed by atoms with Crippen molar-refractivity contribution in [2.45, 2.75) is 32.8 Å². The fourth-order valence-electron chi connectivity index (χ4n) is 1.99. The molecule has 1 aromatic heterocycles. The van der Waals surface area contributed by atoms with Gasteiger partial charge in [0.1, 0.15) is 5.60 Å². The number of rotatable bonds is 1. The zero-order valence-electron chi connectivity index (χ0n) is 11.2. The van der Waals surface area contributed by atoms with Crippen molar-refractivity contribution in [2.24, 2.45) is 5.92 Å². The summed E-state index contributed by atoms with van der Waals surface area (Å²) >= 11 is 1.47. The molecule has 1 amide bonds. The Hall–Kier alpha value is -1.56. The first kappa shape index (κ1) is 13.9. The molecule has 0 fully saturated rings. The van der Waals surface area contributed by atoms with Crippen molar-refractivity contribution in [1.29, 1.82) is 0 Å². The lowest BCUT2D eigenvalue weighted by atomic mass is 9.99. The Bertz CT molecular complexity index is 503. The molecule has 1 unspecified atom stereocenters. The normalized spacial score (nSPS) is 18.9. The molecule has 19 heavy (non-hydrogen) atoms. The van der Waals surface area contributed by atoms with E-state index in [9.17, 15) is 9.59 Å². The van der Waals surface area contributed by atoms with E-state index in [1.165, 1.54) is 16.2 Å². The maximum atomic E-state index is 12.2. The van der Waals surface area contributed by atoms with Crippen molar-refractivity contribution in [3.05, 3.63) is 16.3 Å². The fourth-order valence-corrected chi connectivity index (χ4v) is 2.95. The topological polar surface area (TPSA) is 66.8 Å². The summed E-state index contributed by atoms with van der Waals surface area (Å²) in [5.74, 6) is -1.45. The molecule has 2 heterocycles. The third-order valence-corrected chi connectivity index (χ3v) is 3.74. The van der Waals surface area contributed by atoms with Gasteiger partial charge in [0.15, 0.2) is 0 Å². The number of hydrogen-bond donors (Lipinski definition) is 1. The van der Waals surface area contributed by atoms with Crippen LogP contribution in [0.25, 0.3) is 0 Å². The molecule has 2 rings (SSSR count). The number of ether oxygens (including phenoxy) is 1. The second-order valence-corrected chi connectivity index (χ2v) is 6.56. The highest BCUT2D eigenvalue weighted by atomic mass is 32.1. The summed E-state index contributed by atoms with van der Waals surface area (Å²) in [5, 5.41) is 11.0. The standard InChI is InChI=1S/C13H17NO4S/c1-13(2,3)18-12(17)14-7-8(11(15)16)6-10-9(14)4-5-19-10/h4-5,8H,6-7H2,1-3H3,(H,15,16). The van der Waals surface area contributed by atoms with E-state index < -0.39 is 23.6 Å². The fraction of sp³-hybridized carbons (Fsp3) is 0.538. The van der Waals surface area contributed by atoms with Crippen LogP contribution < -0.4 is 4.90 Å². The minimum atomic E-state index is -0.882. The minimum absolute atomic E-state index is 0.161. The molecule has 1 atom stereocenters. The Morgan fingerprint density at radius 2 is 2.16 bits per heavy atom. The number of nitrogens with zero attached hydrogens (tertiary/aromatic N) is 1. The lowest BCUT2D eigenvalue weighted by Gasteiger charge is -2.32. The smallest absolute Gasteiger partial charge is 0.414 e. The van der Waals surface area contributed by atoms with E-state index in [4.69, 9.17) is 9.84 Å². The number of anilines is 1. The van der Waals surface area contributed by atoms with Crippen molar-refractivity contribution < 1.29 is 19.4 Å². The molecule has 6 heteroatoms. The number of carboxylic acids is 1. The van der Waals surface area contributed by atoms with E-state index in [0.29, 0.717) is 6.42 Å². The Morgan fingerprint density at radius 3 is 2.74 bits per heavy atom. The maximum Gasteiger partial charge on any atom is 0.414 e. The number of carboxylic acid groups (broad SMARTS) is 1. The van der Waals surface area contributed by atoms with Crippen molar-refractivity contribution in [3.8, 4) is 0 Å². The van der Waals surface area contributed by atoms with E-state index in [-0.39, 0.29) is 6.54 Å². The quantitative estimate of drug-likeness (QED) is 0.860. The molecular weight excluding hydrogens is 266 g/mol. The average molecular weight is 283 g/mol. The molecule has 0 saturated carbocycles. The van der Waals surface area contributed by atoms with E-state index in [1.807, 2.05) is 11.4 Å². The number of amides is 1. The molecule has 5 nitrogen and oxygen atoms in total. The molecular formula is C13H17NO4S. The Morgan fingerprint density at radius 1 is 1.47 bits per heavy atom. The van der Waals surface area contributed by atoms with E-state index in [0.717, 1.165) is 10.6 Å². The van der Waals surface area contributed by atoms with Crippen molar-refractivity contribution in [1.82, 2.24) is 0 Å². The monoisotopic (exact) mass is 283 g/mol. The molecule has 0 aliphatic carbocycles. The van der Waals surface area contributed by atoms with Crippen LogP contribution in [0, 0.1) is 5.92 Å².